The molecule has 0 atom stereocenters. The lowest BCUT2D eigenvalue weighted by Gasteiger charge is -2.16. The second-order valence-corrected chi connectivity index (χ2v) is 6.87. The Morgan fingerprint density at radius 3 is 2.54 bits per heavy atom. The molecule has 6 heteroatoms. The van der Waals surface area contributed by atoms with Gasteiger partial charge in [-0.1, -0.05) is 60.4 Å². The summed E-state index contributed by atoms with van der Waals surface area (Å²) in [5.74, 6) is -1.27. The zero-order valence-corrected chi connectivity index (χ0v) is 14.4. The molecule has 120 valence electrons. The first-order valence-electron chi connectivity index (χ1n) is 7.15. The minimum absolute atomic E-state index is 0.152. The molecule has 0 spiro atoms. The first-order valence-corrected chi connectivity index (χ1v) is 8.37. The van der Waals surface area contributed by atoms with Gasteiger partial charge in [-0.3, -0.25) is 9.69 Å². The van der Waals surface area contributed by atoms with E-state index in [0.29, 0.717) is 14.8 Å². The molecule has 24 heavy (non-hydrogen) atoms. The summed E-state index contributed by atoms with van der Waals surface area (Å²) in [6, 6.07) is 14.1. The molecule has 1 aliphatic heterocycles. The van der Waals surface area contributed by atoms with E-state index in [4.69, 9.17) is 12.2 Å². The van der Waals surface area contributed by atoms with Gasteiger partial charge in [0.15, 0.2) is 4.32 Å². The highest BCUT2D eigenvalue weighted by Crippen LogP contribution is 2.37. The fourth-order valence-electron chi connectivity index (χ4n) is 2.45. The number of anilines is 1. The molecule has 1 saturated heterocycles. The first-order chi connectivity index (χ1) is 11.5. The first kappa shape index (κ1) is 16.4. The van der Waals surface area contributed by atoms with E-state index < -0.39 is 5.97 Å². The van der Waals surface area contributed by atoms with Gasteiger partial charge in [-0.25, -0.2) is 4.79 Å². The third-order valence-corrected chi connectivity index (χ3v) is 4.93. The zero-order chi connectivity index (χ0) is 17.3. The van der Waals surface area contributed by atoms with Crippen molar-refractivity contribution >= 4 is 51.9 Å². The number of carboxylic acids is 1. The van der Waals surface area contributed by atoms with E-state index in [0.717, 1.165) is 11.3 Å². The Balaban J connectivity index is 2.01. The van der Waals surface area contributed by atoms with Crippen LogP contribution in [0.25, 0.3) is 6.08 Å². The van der Waals surface area contributed by atoms with Gasteiger partial charge in [0, 0.05) is 0 Å². The van der Waals surface area contributed by atoms with Crippen LogP contribution in [0.2, 0.25) is 0 Å². The average Bonchev–Trinajstić information content (AvgIpc) is 2.82. The van der Waals surface area contributed by atoms with E-state index in [2.05, 4.69) is 0 Å². The van der Waals surface area contributed by atoms with Gasteiger partial charge in [-0.05, 0) is 36.3 Å². The number of carbonyl (C=O) groups excluding carboxylic acids is 1. The van der Waals surface area contributed by atoms with Crippen molar-refractivity contribution in [2.45, 2.75) is 6.92 Å². The predicted molar refractivity (Wildman–Crippen MR) is 100 cm³/mol. The second kappa shape index (κ2) is 6.59. The number of thioether (sulfide) groups is 1. The van der Waals surface area contributed by atoms with Crippen molar-refractivity contribution in [3.05, 3.63) is 70.1 Å². The normalized spacial score (nSPS) is 16.0. The number of para-hydroxylation sites is 1. The number of hydrogen-bond acceptors (Lipinski definition) is 4. The molecule has 0 aliphatic carbocycles. The van der Waals surface area contributed by atoms with Gasteiger partial charge in [-0.15, -0.1) is 0 Å². The molecule has 3 rings (SSSR count). The quantitative estimate of drug-likeness (QED) is 0.663. The van der Waals surface area contributed by atoms with E-state index in [1.165, 1.54) is 22.7 Å². The third-order valence-electron chi connectivity index (χ3n) is 3.63. The van der Waals surface area contributed by atoms with Crippen LogP contribution in [0.1, 0.15) is 21.5 Å². The van der Waals surface area contributed by atoms with E-state index in [1.54, 1.807) is 24.3 Å². The summed E-state index contributed by atoms with van der Waals surface area (Å²) in [6.45, 7) is 1.91. The Morgan fingerprint density at radius 2 is 1.83 bits per heavy atom. The maximum absolute atomic E-state index is 12.8. The number of amides is 1. The van der Waals surface area contributed by atoms with Crippen molar-refractivity contribution in [3.63, 3.8) is 0 Å². The van der Waals surface area contributed by atoms with Crippen molar-refractivity contribution in [1.82, 2.24) is 0 Å². The van der Waals surface area contributed by atoms with Gasteiger partial charge < -0.3 is 5.11 Å². The lowest BCUT2D eigenvalue weighted by Crippen LogP contribution is -2.28. The molecular formula is C18H13NO3S2. The fraction of sp³-hybridized carbons (Fsp3) is 0.0556. The summed E-state index contributed by atoms with van der Waals surface area (Å²) >= 11 is 6.52. The smallest absolute Gasteiger partial charge is 0.336 e. The number of carbonyl (C=O) groups is 2. The molecule has 0 unspecified atom stereocenters. The molecule has 4 nitrogen and oxygen atoms in total. The molecule has 2 aromatic carbocycles. The SMILES string of the molecule is Cc1ccccc1N1C(=O)C(=Cc2ccccc2C(=O)O)SC1=S. The van der Waals surface area contributed by atoms with Crippen LogP contribution in [0.3, 0.4) is 0 Å². The van der Waals surface area contributed by atoms with Crippen molar-refractivity contribution in [2.75, 3.05) is 4.90 Å². The monoisotopic (exact) mass is 355 g/mol. The zero-order valence-electron chi connectivity index (χ0n) is 12.7. The summed E-state index contributed by atoms with van der Waals surface area (Å²) in [5.41, 5.74) is 2.32. The third kappa shape index (κ3) is 2.98. The summed E-state index contributed by atoms with van der Waals surface area (Å²) in [7, 11) is 0. The van der Waals surface area contributed by atoms with Gasteiger partial charge in [0.1, 0.15) is 0 Å². The Bertz CT molecular complexity index is 889. The van der Waals surface area contributed by atoms with Gasteiger partial charge in [-0.2, -0.15) is 0 Å². The van der Waals surface area contributed by atoms with Crippen LogP contribution < -0.4 is 4.90 Å². The molecule has 1 amide bonds. The molecule has 2 aromatic rings. The van der Waals surface area contributed by atoms with Crippen molar-refractivity contribution in [2.24, 2.45) is 0 Å². The molecule has 0 radical (unpaired) electrons. The Morgan fingerprint density at radius 1 is 1.17 bits per heavy atom. The summed E-state index contributed by atoms with van der Waals surface area (Å²) < 4.78 is 0.438. The van der Waals surface area contributed by atoms with Crippen LogP contribution in [0.5, 0.6) is 0 Å². The summed E-state index contributed by atoms with van der Waals surface area (Å²) in [6.07, 6.45) is 1.58. The minimum atomic E-state index is -1.03. The largest absolute Gasteiger partial charge is 0.478 e. The van der Waals surface area contributed by atoms with Crippen LogP contribution in [-0.4, -0.2) is 21.3 Å². The van der Waals surface area contributed by atoms with E-state index >= 15 is 0 Å². The summed E-state index contributed by atoms with van der Waals surface area (Å²) in [4.78, 5) is 26.0. The number of carboxylic acid groups (broad SMARTS) is 1. The highest BCUT2D eigenvalue weighted by atomic mass is 32.2. The lowest BCUT2D eigenvalue weighted by molar-refractivity contribution is -0.113. The Kier molecular flexibility index (Phi) is 4.51. The van der Waals surface area contributed by atoms with Gasteiger partial charge in [0.2, 0.25) is 0 Å². The predicted octanol–water partition coefficient (Wildman–Crippen LogP) is 4.10. The molecule has 1 aliphatic rings. The molecule has 1 N–H and O–H groups in total. The number of benzene rings is 2. The van der Waals surface area contributed by atoms with Crippen LogP contribution in [0, 0.1) is 6.92 Å². The van der Waals surface area contributed by atoms with Crippen molar-refractivity contribution in [3.8, 4) is 0 Å². The van der Waals surface area contributed by atoms with Crippen LogP contribution in [-0.2, 0) is 4.79 Å². The minimum Gasteiger partial charge on any atom is -0.478 e. The second-order valence-electron chi connectivity index (χ2n) is 5.20. The van der Waals surface area contributed by atoms with E-state index in [9.17, 15) is 14.7 Å². The van der Waals surface area contributed by atoms with E-state index in [-0.39, 0.29) is 11.5 Å². The standard InChI is InChI=1S/C18H13NO3S2/c1-11-6-2-5-9-14(11)19-16(20)15(24-18(19)23)10-12-7-3-4-8-13(12)17(21)22/h2-10H,1H3,(H,21,22). The Hall–Kier alpha value is -2.44. The number of nitrogens with zero attached hydrogens (tertiary/aromatic N) is 1. The highest BCUT2D eigenvalue weighted by molar-refractivity contribution is 8.27. The molecule has 0 saturated carbocycles. The molecule has 1 fully saturated rings. The van der Waals surface area contributed by atoms with Gasteiger partial charge in [0.05, 0.1) is 16.2 Å². The summed E-state index contributed by atoms with van der Waals surface area (Å²) in [5, 5.41) is 9.27. The average molecular weight is 355 g/mol. The fourth-order valence-corrected chi connectivity index (χ4v) is 3.72. The topological polar surface area (TPSA) is 57.6 Å². The number of rotatable bonds is 3. The van der Waals surface area contributed by atoms with Gasteiger partial charge in [0.25, 0.3) is 5.91 Å². The Labute approximate surface area is 148 Å². The lowest BCUT2D eigenvalue weighted by atomic mass is 10.1. The van der Waals surface area contributed by atoms with Crippen LogP contribution >= 0.6 is 24.0 Å². The van der Waals surface area contributed by atoms with Crippen molar-refractivity contribution < 1.29 is 14.7 Å². The maximum Gasteiger partial charge on any atom is 0.336 e. The molecular weight excluding hydrogens is 342 g/mol. The van der Waals surface area contributed by atoms with Crippen LogP contribution in [0.15, 0.2) is 53.4 Å². The molecule has 0 bridgehead atoms. The number of aromatic carboxylic acids is 1. The van der Waals surface area contributed by atoms with Gasteiger partial charge >= 0.3 is 5.97 Å². The van der Waals surface area contributed by atoms with E-state index in [1.807, 2.05) is 31.2 Å². The number of thiocarbonyl (C=S) groups is 1. The maximum atomic E-state index is 12.8. The van der Waals surface area contributed by atoms with Crippen molar-refractivity contribution in [1.29, 1.82) is 0 Å². The molecule has 1 heterocycles. The number of aryl methyl sites for hydroxylation is 1. The highest BCUT2D eigenvalue weighted by Gasteiger charge is 2.34. The van der Waals surface area contributed by atoms with Crippen LogP contribution in [0.4, 0.5) is 5.69 Å². The molecule has 0 aromatic heterocycles. The number of hydrogen-bond donors (Lipinski definition) is 1.